The molecular formula is C30H26Cl2N4O3S. The number of ether oxygens (including phenoxy) is 1. The molecule has 7 nitrogen and oxygen atoms in total. The van der Waals surface area contributed by atoms with Crippen LogP contribution in [0, 0.1) is 0 Å². The van der Waals surface area contributed by atoms with Gasteiger partial charge in [0.15, 0.2) is 0 Å². The second kappa shape index (κ2) is 11.7. The van der Waals surface area contributed by atoms with E-state index in [-0.39, 0.29) is 29.4 Å². The molecule has 2 aliphatic heterocycles. The molecule has 0 radical (unpaired) electrons. The molecular weight excluding hydrogens is 567 g/mol. The number of hydrogen-bond acceptors (Lipinski definition) is 5. The third-order valence-electron chi connectivity index (χ3n) is 7.03. The second-order valence-corrected chi connectivity index (χ2v) is 11.5. The summed E-state index contributed by atoms with van der Waals surface area (Å²) >= 11 is 14.6. The van der Waals surface area contributed by atoms with Gasteiger partial charge in [-0.2, -0.15) is 5.10 Å². The highest BCUT2D eigenvalue weighted by Gasteiger charge is 2.38. The first-order valence-corrected chi connectivity index (χ1v) is 14.8. The maximum absolute atomic E-state index is 13.9. The zero-order valence-corrected chi connectivity index (χ0v) is 23.8. The summed E-state index contributed by atoms with van der Waals surface area (Å²) in [6.45, 7) is 1.83. The van der Waals surface area contributed by atoms with Gasteiger partial charge in [0.1, 0.15) is 12.4 Å². The van der Waals surface area contributed by atoms with Gasteiger partial charge in [0.25, 0.3) is 0 Å². The second-order valence-electron chi connectivity index (χ2n) is 9.53. The van der Waals surface area contributed by atoms with Gasteiger partial charge in [0, 0.05) is 29.2 Å². The molecule has 204 valence electrons. The fourth-order valence-electron chi connectivity index (χ4n) is 5.10. The summed E-state index contributed by atoms with van der Waals surface area (Å²) in [6.07, 6.45) is 0. The van der Waals surface area contributed by atoms with Crippen LogP contribution in [-0.2, 0) is 14.3 Å². The molecule has 10 heteroatoms. The Labute approximate surface area is 246 Å². The lowest BCUT2D eigenvalue weighted by Crippen LogP contribution is -2.48. The maximum Gasteiger partial charge on any atom is 0.242 e. The molecule has 1 saturated heterocycles. The van der Waals surface area contributed by atoms with Crippen molar-refractivity contribution in [3.8, 4) is 16.9 Å². The first-order chi connectivity index (χ1) is 19.5. The van der Waals surface area contributed by atoms with E-state index in [0.717, 1.165) is 16.7 Å². The van der Waals surface area contributed by atoms with E-state index < -0.39 is 0 Å². The van der Waals surface area contributed by atoms with Gasteiger partial charge in [0.05, 0.1) is 40.6 Å². The third-order valence-corrected chi connectivity index (χ3v) is 8.84. The fraction of sp³-hybridized carbons (Fsp3) is 0.233. The summed E-state index contributed by atoms with van der Waals surface area (Å²) < 4.78 is 7.15. The molecule has 0 saturated carbocycles. The fourth-order valence-corrected chi connectivity index (χ4v) is 6.70. The normalized spacial score (nSPS) is 17.4. The van der Waals surface area contributed by atoms with Crippen LogP contribution in [0.15, 0.2) is 78.9 Å². The van der Waals surface area contributed by atoms with Gasteiger partial charge in [-0.3, -0.25) is 14.5 Å². The van der Waals surface area contributed by atoms with Crippen LogP contribution in [0.5, 0.6) is 0 Å². The van der Waals surface area contributed by atoms with Crippen molar-refractivity contribution in [2.24, 2.45) is 0 Å². The quantitative estimate of drug-likeness (QED) is 0.290. The van der Waals surface area contributed by atoms with Gasteiger partial charge in [-0.15, -0.1) is 11.8 Å². The first kappa shape index (κ1) is 26.9. The van der Waals surface area contributed by atoms with Crippen LogP contribution in [0.25, 0.3) is 16.9 Å². The summed E-state index contributed by atoms with van der Waals surface area (Å²) in [5.41, 5.74) is 4.01. The summed E-state index contributed by atoms with van der Waals surface area (Å²) in [6, 6.07) is 24.9. The Hall–Kier alpha value is -3.30. The largest absolute Gasteiger partial charge is 0.378 e. The van der Waals surface area contributed by atoms with Crippen molar-refractivity contribution < 1.29 is 14.3 Å². The van der Waals surface area contributed by atoms with Crippen LogP contribution in [0.3, 0.4) is 0 Å². The van der Waals surface area contributed by atoms with E-state index in [0.29, 0.717) is 53.5 Å². The number of carbonyl (C=O) groups excluding carboxylic acids is 2. The van der Waals surface area contributed by atoms with Gasteiger partial charge in [0.2, 0.25) is 11.8 Å². The minimum absolute atomic E-state index is 0.112. The summed E-state index contributed by atoms with van der Waals surface area (Å²) in [5, 5.41) is 5.90. The third kappa shape index (κ3) is 5.24. The zero-order valence-electron chi connectivity index (χ0n) is 21.5. The van der Waals surface area contributed by atoms with E-state index >= 15 is 0 Å². The molecule has 0 aliphatic carbocycles. The van der Waals surface area contributed by atoms with Crippen LogP contribution < -0.4 is 4.90 Å². The molecule has 1 fully saturated rings. The Morgan fingerprint density at radius 2 is 1.73 bits per heavy atom. The molecule has 0 N–H and O–H groups in total. The number of hydrogen-bond donors (Lipinski definition) is 0. The SMILES string of the molecule is O=C(CN1C(=O)CSC(c2cccc(Cl)c2)c2c(-c3ccccc3)nn(-c3ccccc3Cl)c21)N1CCOCC1. The average molecular weight is 594 g/mol. The number of thioether (sulfide) groups is 1. The van der Waals surface area contributed by atoms with E-state index in [1.807, 2.05) is 72.8 Å². The van der Waals surface area contributed by atoms with E-state index in [2.05, 4.69) is 0 Å². The Morgan fingerprint density at radius 1 is 0.975 bits per heavy atom. The molecule has 2 amide bonds. The minimum Gasteiger partial charge on any atom is -0.378 e. The smallest absolute Gasteiger partial charge is 0.242 e. The monoisotopic (exact) mass is 592 g/mol. The molecule has 2 aliphatic rings. The van der Waals surface area contributed by atoms with Crippen LogP contribution in [0.2, 0.25) is 10.0 Å². The molecule has 0 bridgehead atoms. The highest BCUT2D eigenvalue weighted by Crippen LogP contribution is 2.49. The minimum atomic E-state index is -0.271. The number of benzene rings is 3. The van der Waals surface area contributed by atoms with Crippen molar-refractivity contribution in [2.75, 3.05) is 43.5 Å². The Bertz CT molecular complexity index is 1560. The lowest BCUT2D eigenvalue weighted by molar-refractivity contribution is -0.134. The van der Waals surface area contributed by atoms with Crippen molar-refractivity contribution in [1.82, 2.24) is 14.7 Å². The molecule has 1 unspecified atom stereocenters. The van der Waals surface area contributed by atoms with Gasteiger partial charge in [-0.05, 0) is 29.8 Å². The number of rotatable bonds is 5. The maximum atomic E-state index is 13.9. The number of carbonyl (C=O) groups is 2. The van der Waals surface area contributed by atoms with Crippen molar-refractivity contribution in [2.45, 2.75) is 5.25 Å². The topological polar surface area (TPSA) is 67.7 Å². The van der Waals surface area contributed by atoms with Crippen LogP contribution >= 0.6 is 35.0 Å². The van der Waals surface area contributed by atoms with E-state index in [1.165, 1.54) is 11.8 Å². The van der Waals surface area contributed by atoms with Crippen LogP contribution in [-0.4, -0.2) is 65.1 Å². The number of amides is 2. The van der Waals surface area contributed by atoms with Gasteiger partial charge in [-0.25, -0.2) is 4.68 Å². The van der Waals surface area contributed by atoms with Crippen molar-refractivity contribution in [1.29, 1.82) is 0 Å². The number of nitrogens with zero attached hydrogens (tertiary/aromatic N) is 4. The Morgan fingerprint density at radius 3 is 2.48 bits per heavy atom. The molecule has 3 aromatic carbocycles. The highest BCUT2D eigenvalue weighted by atomic mass is 35.5. The van der Waals surface area contributed by atoms with Crippen molar-refractivity contribution in [3.63, 3.8) is 0 Å². The van der Waals surface area contributed by atoms with E-state index in [1.54, 1.807) is 20.5 Å². The molecule has 1 aromatic heterocycles. The predicted octanol–water partition coefficient (Wildman–Crippen LogP) is 5.87. The molecule has 3 heterocycles. The molecule has 40 heavy (non-hydrogen) atoms. The number of halogens is 2. The highest BCUT2D eigenvalue weighted by molar-refractivity contribution is 8.00. The average Bonchev–Trinajstić information content (AvgIpc) is 3.30. The Kier molecular flexibility index (Phi) is 7.85. The number of morpholine rings is 1. The zero-order chi connectivity index (χ0) is 27.6. The number of para-hydroxylation sites is 1. The van der Waals surface area contributed by atoms with Gasteiger partial charge in [-0.1, -0.05) is 77.8 Å². The van der Waals surface area contributed by atoms with Gasteiger partial charge < -0.3 is 9.64 Å². The molecule has 6 rings (SSSR count). The van der Waals surface area contributed by atoms with Crippen molar-refractivity contribution >= 4 is 52.6 Å². The molecule has 1 atom stereocenters. The number of aromatic nitrogens is 2. The predicted molar refractivity (Wildman–Crippen MR) is 160 cm³/mol. The van der Waals surface area contributed by atoms with E-state index in [4.69, 9.17) is 33.0 Å². The summed E-state index contributed by atoms with van der Waals surface area (Å²) in [7, 11) is 0. The first-order valence-electron chi connectivity index (χ1n) is 13.0. The summed E-state index contributed by atoms with van der Waals surface area (Å²) in [4.78, 5) is 30.7. The van der Waals surface area contributed by atoms with Crippen molar-refractivity contribution in [3.05, 3.63) is 100 Å². The number of anilines is 1. The van der Waals surface area contributed by atoms with Crippen LogP contribution in [0.4, 0.5) is 5.82 Å². The standard InChI is InChI=1S/C30H26Cl2N4O3S/c31-22-10-6-9-21(17-22)29-27-28(20-7-2-1-3-8-20)33-36(24-12-5-4-11-23(24)32)30(27)35(26(38)19-40-29)18-25(37)34-13-15-39-16-14-34/h1-12,17,29H,13-16,18-19H2. The van der Waals surface area contributed by atoms with E-state index in [9.17, 15) is 9.59 Å². The lowest BCUT2D eigenvalue weighted by Gasteiger charge is -2.30. The molecule has 0 spiro atoms. The Balaban J connectivity index is 1.60. The molecule has 4 aromatic rings. The number of fused-ring (bicyclic) bond motifs is 1. The van der Waals surface area contributed by atoms with Gasteiger partial charge >= 0.3 is 0 Å². The lowest BCUT2D eigenvalue weighted by atomic mass is 9.99. The summed E-state index contributed by atoms with van der Waals surface area (Å²) in [5.74, 6) is 0.402. The van der Waals surface area contributed by atoms with Crippen LogP contribution in [0.1, 0.15) is 16.4 Å².